The number of phosphoric ester groups is 1. The van der Waals surface area contributed by atoms with E-state index in [9.17, 15) is 34.1 Å². The molecule has 1 aromatic heterocycles. The maximum atomic E-state index is 14.1. The van der Waals surface area contributed by atoms with Crippen LogP contribution in [-0.4, -0.2) is 75.1 Å². The van der Waals surface area contributed by atoms with Crippen LogP contribution in [0, 0.1) is 12.3 Å². The lowest BCUT2D eigenvalue weighted by Gasteiger charge is -2.26. The van der Waals surface area contributed by atoms with Gasteiger partial charge in [-0.2, -0.15) is 0 Å². The van der Waals surface area contributed by atoms with Crippen molar-refractivity contribution in [2.24, 2.45) is 10.5 Å². The number of nitrogens with one attached hydrogen (secondary N) is 2. The zero-order valence-electron chi connectivity index (χ0n) is 32.8. The second kappa shape index (κ2) is 18.7. The minimum atomic E-state index is -4.48. The fourth-order valence-electron chi connectivity index (χ4n) is 4.85. The number of benzene rings is 1. The molecule has 1 fully saturated rings. The number of aryl methyl sites for hydroxylation is 1. The minimum Gasteiger partial charge on any atom is -0.458 e. The smallest absolute Gasteiger partial charge is 0.458 e. The first-order chi connectivity index (χ1) is 25.4. The van der Waals surface area contributed by atoms with Crippen LogP contribution in [0.1, 0.15) is 86.1 Å². The van der Waals surface area contributed by atoms with Gasteiger partial charge in [0.1, 0.15) is 29.2 Å². The number of amides is 1. The maximum absolute atomic E-state index is 14.1. The van der Waals surface area contributed by atoms with Crippen molar-refractivity contribution in [3.05, 3.63) is 72.9 Å². The average molecular weight is 811 g/mol. The topological polar surface area (TPSA) is 239 Å². The van der Waals surface area contributed by atoms with Crippen molar-refractivity contribution >= 4 is 36.8 Å². The van der Waals surface area contributed by atoms with Crippen LogP contribution in [0.5, 0.6) is 5.75 Å². The van der Waals surface area contributed by atoms with Crippen LogP contribution in [0.15, 0.2) is 45.2 Å². The SMILES string of the molecule is Cc1cn([C@H]2C[C@H](N=[N+]=[N-])[C@@H](COP(=O)(OCCSC(=O)C(C)(C)C)Oc3ccc(C[C@@H](NC(=O)OC(C)(C)C)C(=O)OC(C)(C)C)cc3)O2)c(=O)[nH]c1=O. The highest BCUT2D eigenvalue weighted by Gasteiger charge is 2.40. The van der Waals surface area contributed by atoms with E-state index < -0.39 is 78.8 Å². The zero-order chi connectivity index (χ0) is 41.4. The second-order valence-corrected chi connectivity index (χ2v) is 18.4. The predicted molar refractivity (Wildman–Crippen MR) is 204 cm³/mol. The van der Waals surface area contributed by atoms with Crippen LogP contribution in [0.4, 0.5) is 4.79 Å². The third kappa shape index (κ3) is 14.8. The van der Waals surface area contributed by atoms with Crippen molar-refractivity contribution in [2.75, 3.05) is 19.0 Å². The molecule has 2 N–H and O–H groups in total. The Balaban J connectivity index is 1.82. The second-order valence-electron chi connectivity index (χ2n) is 15.7. The summed E-state index contributed by atoms with van der Waals surface area (Å²) in [6, 6.07) is 4.11. The molecular formula is C35H51N6O12PS. The molecule has 2 aromatic rings. The summed E-state index contributed by atoms with van der Waals surface area (Å²) in [7, 11) is -4.48. The van der Waals surface area contributed by atoms with Crippen LogP contribution in [-0.2, 0) is 43.8 Å². The monoisotopic (exact) mass is 810 g/mol. The number of aromatic amines is 1. The van der Waals surface area contributed by atoms with Gasteiger partial charge in [0.25, 0.3) is 5.56 Å². The van der Waals surface area contributed by atoms with Crippen molar-refractivity contribution in [3.63, 3.8) is 0 Å². The number of ether oxygens (including phenoxy) is 3. The number of H-pyrrole nitrogens is 1. The van der Waals surface area contributed by atoms with E-state index in [0.29, 0.717) is 5.56 Å². The molecule has 0 bridgehead atoms. The number of thioether (sulfide) groups is 1. The lowest BCUT2D eigenvalue weighted by Crippen LogP contribution is -2.47. The van der Waals surface area contributed by atoms with Crippen molar-refractivity contribution in [3.8, 4) is 5.75 Å². The molecule has 1 saturated heterocycles. The van der Waals surface area contributed by atoms with Crippen LogP contribution in [0.25, 0.3) is 10.4 Å². The molecule has 0 aliphatic carbocycles. The summed E-state index contributed by atoms with van der Waals surface area (Å²) in [4.78, 5) is 67.6. The number of alkyl carbamates (subject to hydrolysis) is 1. The van der Waals surface area contributed by atoms with Gasteiger partial charge in [0, 0.05) is 40.7 Å². The van der Waals surface area contributed by atoms with Crippen molar-refractivity contribution in [1.29, 1.82) is 0 Å². The lowest BCUT2D eigenvalue weighted by molar-refractivity contribution is -0.157. The highest BCUT2D eigenvalue weighted by atomic mass is 32.2. The molecule has 304 valence electrons. The van der Waals surface area contributed by atoms with Gasteiger partial charge >= 0.3 is 25.6 Å². The Labute approximate surface area is 323 Å². The van der Waals surface area contributed by atoms with E-state index in [-0.39, 0.29) is 41.6 Å². The molecule has 55 heavy (non-hydrogen) atoms. The molecule has 1 unspecified atom stereocenters. The molecule has 2 heterocycles. The summed E-state index contributed by atoms with van der Waals surface area (Å²) < 4.78 is 49.2. The fraction of sp³-hybridized carbons (Fsp3) is 0.629. The van der Waals surface area contributed by atoms with Crippen molar-refractivity contribution in [2.45, 2.75) is 118 Å². The van der Waals surface area contributed by atoms with Crippen molar-refractivity contribution in [1.82, 2.24) is 14.9 Å². The molecule has 1 aromatic carbocycles. The van der Waals surface area contributed by atoms with Crippen LogP contribution in [0.2, 0.25) is 0 Å². The third-order valence-corrected chi connectivity index (χ3v) is 10.0. The molecule has 1 aliphatic rings. The molecule has 20 heteroatoms. The van der Waals surface area contributed by atoms with Crippen molar-refractivity contribution < 1.29 is 46.7 Å². The predicted octanol–water partition coefficient (Wildman–Crippen LogP) is 6.12. The van der Waals surface area contributed by atoms with E-state index in [1.807, 2.05) is 0 Å². The van der Waals surface area contributed by atoms with E-state index in [1.54, 1.807) is 74.4 Å². The van der Waals surface area contributed by atoms with Crippen LogP contribution >= 0.6 is 19.6 Å². The number of carbonyl (C=O) groups excluding carboxylic acids is 3. The quantitative estimate of drug-likeness (QED) is 0.0516. The van der Waals surface area contributed by atoms with Gasteiger partial charge < -0.3 is 24.1 Å². The summed E-state index contributed by atoms with van der Waals surface area (Å²) in [6.45, 7) is 16.3. The molecule has 5 atom stereocenters. The third-order valence-electron chi connectivity index (χ3n) is 7.40. The summed E-state index contributed by atoms with van der Waals surface area (Å²) in [5.74, 6) is -0.504. The highest BCUT2D eigenvalue weighted by molar-refractivity contribution is 8.13. The number of aromatic nitrogens is 2. The lowest BCUT2D eigenvalue weighted by atomic mass is 10.00. The van der Waals surface area contributed by atoms with E-state index in [0.717, 1.165) is 16.3 Å². The van der Waals surface area contributed by atoms with E-state index in [4.69, 9.17) is 27.8 Å². The maximum Gasteiger partial charge on any atom is 0.530 e. The van der Waals surface area contributed by atoms with Gasteiger partial charge in [-0.05, 0) is 71.7 Å². The van der Waals surface area contributed by atoms with Gasteiger partial charge in [-0.3, -0.25) is 28.2 Å². The molecule has 0 spiro atoms. The number of rotatable bonds is 15. The molecule has 18 nitrogen and oxygen atoms in total. The Morgan fingerprint density at radius 3 is 2.27 bits per heavy atom. The Kier molecular flexibility index (Phi) is 15.4. The van der Waals surface area contributed by atoms with Crippen LogP contribution < -0.4 is 21.1 Å². The Morgan fingerprint density at radius 2 is 1.69 bits per heavy atom. The first-order valence-electron chi connectivity index (χ1n) is 17.5. The van der Waals surface area contributed by atoms with Gasteiger partial charge in [-0.25, -0.2) is 18.9 Å². The Hall–Kier alpha value is -4.12. The molecule has 3 rings (SSSR count). The van der Waals surface area contributed by atoms with Gasteiger partial charge in [-0.15, -0.1) is 0 Å². The first kappa shape index (κ1) is 45.3. The van der Waals surface area contributed by atoms with E-state index >= 15 is 0 Å². The average Bonchev–Trinajstić information content (AvgIpc) is 3.44. The number of azide groups is 1. The Morgan fingerprint density at radius 1 is 1.05 bits per heavy atom. The van der Waals surface area contributed by atoms with Gasteiger partial charge in [0.15, 0.2) is 5.12 Å². The largest absolute Gasteiger partial charge is 0.530 e. The Bertz CT molecular complexity index is 1890. The summed E-state index contributed by atoms with van der Waals surface area (Å²) >= 11 is 0.992. The minimum absolute atomic E-state index is 0.0109. The summed E-state index contributed by atoms with van der Waals surface area (Å²) in [5, 5.41) is 6.22. The van der Waals surface area contributed by atoms with Gasteiger partial charge in [0.05, 0.1) is 25.4 Å². The van der Waals surface area contributed by atoms with E-state index in [2.05, 4.69) is 20.3 Å². The first-order valence-corrected chi connectivity index (χ1v) is 19.9. The van der Waals surface area contributed by atoms with Gasteiger partial charge in [0.2, 0.25) is 0 Å². The molecule has 1 aliphatic heterocycles. The molecule has 0 radical (unpaired) electrons. The fourth-order valence-corrected chi connectivity index (χ4v) is 6.96. The standard InChI is InChI=1S/C35H51N6O12PS/c1-21-19-41(31(45)38-28(21)42)27-18-24(39-40-36)26(50-27)20-49-54(47,48-15-16-55-30(44)33(2,3)4)53-23-13-11-22(12-14-23)17-25(29(43)51-34(5,6)7)37-32(46)52-35(8,9)10/h11-14,19,24-27H,15-18,20H2,1-10H3,(H,37,46)(H,38,42,45)/t24-,25+,26+,27+,54?/m0/s1. The molecular weight excluding hydrogens is 759 g/mol. The number of nitrogens with zero attached hydrogens (tertiary/aromatic N) is 4. The summed E-state index contributed by atoms with van der Waals surface area (Å²) in [5.41, 5.74) is 6.49. The number of esters is 1. The highest BCUT2D eigenvalue weighted by Crippen LogP contribution is 2.50. The molecule has 0 saturated carbocycles. The normalized spacial score (nSPS) is 19.1. The van der Waals surface area contributed by atoms with E-state index in [1.165, 1.54) is 25.3 Å². The number of hydrogen-bond acceptors (Lipinski definition) is 14. The number of phosphoric acid groups is 1. The number of carbonyl (C=O) groups is 3. The van der Waals surface area contributed by atoms with Gasteiger partial charge in [-0.1, -0.05) is 49.8 Å². The number of hydrogen-bond donors (Lipinski definition) is 2. The molecule has 1 amide bonds. The zero-order valence-corrected chi connectivity index (χ0v) is 34.5. The summed E-state index contributed by atoms with van der Waals surface area (Å²) in [6.07, 6.45) is -1.39. The van der Waals surface area contributed by atoms with Crippen LogP contribution in [0.3, 0.4) is 0 Å².